The quantitative estimate of drug-likeness (QED) is 0.885. The summed E-state index contributed by atoms with van der Waals surface area (Å²) in [6, 6.07) is 1.64. The number of aromatic amines is 1. The highest BCUT2D eigenvalue weighted by atomic mass is 35.5. The Morgan fingerprint density at radius 2 is 2.00 bits per heavy atom. The van der Waals surface area contributed by atoms with Crippen molar-refractivity contribution in [3.8, 4) is 0 Å². The van der Waals surface area contributed by atoms with Crippen LogP contribution in [0.2, 0.25) is 10.0 Å². The van der Waals surface area contributed by atoms with Gasteiger partial charge in [-0.3, -0.25) is 9.82 Å². The first-order valence-electron chi connectivity index (χ1n) is 6.28. The van der Waals surface area contributed by atoms with Crippen LogP contribution in [0.15, 0.2) is 17.2 Å². The van der Waals surface area contributed by atoms with Gasteiger partial charge in [-0.25, -0.2) is 8.42 Å². The van der Waals surface area contributed by atoms with E-state index in [9.17, 15) is 8.42 Å². The minimum Gasteiger partial charge on any atom is -0.263 e. The third kappa shape index (κ3) is 3.02. The van der Waals surface area contributed by atoms with Gasteiger partial charge >= 0.3 is 0 Å². The first kappa shape index (κ1) is 16.1. The minimum atomic E-state index is -3.86. The highest BCUT2D eigenvalue weighted by Gasteiger charge is 2.25. The number of halogens is 2. The molecule has 114 valence electrons. The Bertz CT molecular complexity index is 759. The smallest absolute Gasteiger partial charge is 0.263 e. The maximum atomic E-state index is 12.6. The van der Waals surface area contributed by atoms with Crippen LogP contribution in [0.5, 0.6) is 0 Å². The Balaban J connectivity index is 2.55. The largest absolute Gasteiger partial charge is 0.264 e. The Morgan fingerprint density at radius 1 is 1.33 bits per heavy atom. The molecule has 2 rings (SSSR count). The van der Waals surface area contributed by atoms with E-state index in [1.165, 1.54) is 0 Å². The van der Waals surface area contributed by atoms with Crippen molar-refractivity contribution in [1.82, 2.24) is 10.2 Å². The molecule has 0 amide bonds. The van der Waals surface area contributed by atoms with E-state index in [1.807, 2.05) is 6.92 Å². The van der Waals surface area contributed by atoms with Gasteiger partial charge in [0.25, 0.3) is 10.0 Å². The van der Waals surface area contributed by atoms with E-state index in [0.29, 0.717) is 28.4 Å². The molecule has 0 bridgehead atoms. The molecule has 1 heterocycles. The first-order chi connectivity index (χ1) is 9.77. The zero-order valence-corrected chi connectivity index (χ0v) is 14.1. The van der Waals surface area contributed by atoms with Crippen LogP contribution in [-0.2, 0) is 16.4 Å². The van der Waals surface area contributed by atoms with Crippen molar-refractivity contribution < 1.29 is 8.42 Å². The van der Waals surface area contributed by atoms with Gasteiger partial charge in [-0.05, 0) is 37.5 Å². The zero-order valence-electron chi connectivity index (χ0n) is 11.8. The topological polar surface area (TPSA) is 74.8 Å². The number of nitrogens with zero attached hydrogens (tertiary/aromatic N) is 1. The van der Waals surface area contributed by atoms with Crippen LogP contribution in [-0.4, -0.2) is 18.6 Å². The molecule has 0 atom stereocenters. The molecule has 1 aromatic carbocycles. The lowest BCUT2D eigenvalue weighted by Crippen LogP contribution is -2.16. The van der Waals surface area contributed by atoms with E-state index in [-0.39, 0.29) is 9.92 Å². The number of sulfonamides is 1. The van der Waals surface area contributed by atoms with Gasteiger partial charge in [0.2, 0.25) is 0 Å². The van der Waals surface area contributed by atoms with Gasteiger partial charge in [-0.1, -0.05) is 30.1 Å². The van der Waals surface area contributed by atoms with Gasteiger partial charge in [-0.15, -0.1) is 0 Å². The molecule has 0 spiro atoms. The lowest BCUT2D eigenvalue weighted by Gasteiger charge is -2.14. The van der Waals surface area contributed by atoms with Crippen molar-refractivity contribution >= 4 is 39.0 Å². The molecule has 0 aliphatic carbocycles. The second-order valence-corrected chi connectivity index (χ2v) is 7.08. The van der Waals surface area contributed by atoms with E-state index in [2.05, 4.69) is 14.9 Å². The van der Waals surface area contributed by atoms with Crippen molar-refractivity contribution in [2.75, 3.05) is 4.72 Å². The van der Waals surface area contributed by atoms with Gasteiger partial charge in [-0.2, -0.15) is 5.10 Å². The molecule has 0 radical (unpaired) electrons. The second-order valence-electron chi connectivity index (χ2n) is 4.67. The number of anilines is 1. The van der Waals surface area contributed by atoms with Gasteiger partial charge in [0.1, 0.15) is 10.7 Å². The van der Waals surface area contributed by atoms with Crippen LogP contribution in [0.4, 0.5) is 5.82 Å². The maximum Gasteiger partial charge on any atom is 0.264 e. The molecule has 8 heteroatoms. The van der Waals surface area contributed by atoms with Gasteiger partial charge in [0, 0.05) is 10.6 Å². The molecule has 0 saturated carbocycles. The molecule has 1 aromatic heterocycles. The van der Waals surface area contributed by atoms with Crippen molar-refractivity contribution in [2.45, 2.75) is 32.1 Å². The number of hydrogen-bond donors (Lipinski definition) is 2. The molecular weight excluding hydrogens is 333 g/mol. The Labute approximate surface area is 133 Å². The summed E-state index contributed by atoms with van der Waals surface area (Å²) >= 11 is 12.2. The molecule has 0 aliphatic heterocycles. The standard InChI is InChI=1S/C13H15Cl2N3O2S/c1-4-9-6-16-17-13(9)18-21(19,20)12-8(3)10(14)5-7(2)11(12)15/h5-6H,4H2,1-3H3,(H2,16,17,18). The van der Waals surface area contributed by atoms with Gasteiger partial charge in [0.15, 0.2) is 0 Å². The highest BCUT2D eigenvalue weighted by Crippen LogP contribution is 2.34. The fourth-order valence-corrected chi connectivity index (χ4v) is 4.26. The number of aryl methyl sites for hydroxylation is 2. The van der Waals surface area contributed by atoms with E-state index in [0.717, 1.165) is 5.56 Å². The highest BCUT2D eigenvalue weighted by molar-refractivity contribution is 7.92. The van der Waals surface area contributed by atoms with E-state index >= 15 is 0 Å². The minimum absolute atomic E-state index is 0.00850. The van der Waals surface area contributed by atoms with Crippen molar-refractivity contribution in [3.63, 3.8) is 0 Å². The third-order valence-electron chi connectivity index (χ3n) is 3.19. The second kappa shape index (κ2) is 5.87. The van der Waals surface area contributed by atoms with E-state index in [4.69, 9.17) is 23.2 Å². The molecule has 0 fully saturated rings. The zero-order chi connectivity index (χ0) is 15.8. The van der Waals surface area contributed by atoms with Crippen LogP contribution < -0.4 is 4.72 Å². The normalized spacial score (nSPS) is 11.7. The molecule has 2 aromatic rings. The lowest BCUT2D eigenvalue weighted by atomic mass is 10.2. The number of hydrogen-bond acceptors (Lipinski definition) is 3. The van der Waals surface area contributed by atoms with Gasteiger partial charge in [0.05, 0.1) is 11.2 Å². The van der Waals surface area contributed by atoms with Crippen molar-refractivity contribution in [2.24, 2.45) is 0 Å². The number of aromatic nitrogens is 2. The van der Waals surface area contributed by atoms with Crippen LogP contribution >= 0.6 is 23.2 Å². The van der Waals surface area contributed by atoms with Crippen molar-refractivity contribution in [3.05, 3.63) is 39.0 Å². The van der Waals surface area contributed by atoms with E-state index < -0.39 is 10.0 Å². The summed E-state index contributed by atoms with van der Waals surface area (Å²) in [5, 5.41) is 7.00. The summed E-state index contributed by atoms with van der Waals surface area (Å²) in [7, 11) is -3.86. The molecule has 0 unspecified atom stereocenters. The summed E-state index contributed by atoms with van der Waals surface area (Å²) in [6.07, 6.45) is 2.23. The summed E-state index contributed by atoms with van der Waals surface area (Å²) in [6.45, 7) is 5.24. The summed E-state index contributed by atoms with van der Waals surface area (Å²) in [5.74, 6) is 0.339. The molecule has 0 saturated heterocycles. The molecule has 2 N–H and O–H groups in total. The van der Waals surface area contributed by atoms with Crippen LogP contribution in [0, 0.1) is 13.8 Å². The summed E-state index contributed by atoms with van der Waals surface area (Å²) < 4.78 is 27.7. The first-order valence-corrected chi connectivity index (χ1v) is 8.52. The maximum absolute atomic E-state index is 12.6. The third-order valence-corrected chi connectivity index (χ3v) is 5.70. The van der Waals surface area contributed by atoms with Crippen LogP contribution in [0.25, 0.3) is 0 Å². The lowest BCUT2D eigenvalue weighted by molar-refractivity contribution is 0.600. The number of benzene rings is 1. The molecular formula is C13H15Cl2N3O2S. The average Bonchev–Trinajstić information content (AvgIpc) is 2.82. The van der Waals surface area contributed by atoms with Crippen LogP contribution in [0.3, 0.4) is 0 Å². The fraction of sp³-hybridized carbons (Fsp3) is 0.308. The molecule has 5 nitrogen and oxygen atoms in total. The van der Waals surface area contributed by atoms with Crippen molar-refractivity contribution in [1.29, 1.82) is 0 Å². The Morgan fingerprint density at radius 3 is 2.62 bits per heavy atom. The summed E-state index contributed by atoms with van der Waals surface area (Å²) in [5.41, 5.74) is 1.79. The predicted molar refractivity (Wildman–Crippen MR) is 84.7 cm³/mol. The van der Waals surface area contributed by atoms with Crippen LogP contribution in [0.1, 0.15) is 23.6 Å². The SMILES string of the molecule is CCc1cn[nH]c1NS(=O)(=O)c1c(C)c(Cl)cc(C)c1Cl. The summed E-state index contributed by atoms with van der Waals surface area (Å²) in [4.78, 5) is -0.00850. The predicted octanol–water partition coefficient (Wildman–Crippen LogP) is 3.70. The Hall–Kier alpha value is -1.24. The molecule has 21 heavy (non-hydrogen) atoms. The number of rotatable bonds is 4. The number of H-pyrrole nitrogens is 1. The average molecular weight is 348 g/mol. The van der Waals surface area contributed by atoms with Gasteiger partial charge < -0.3 is 0 Å². The Kier molecular flexibility index (Phi) is 4.51. The fourth-order valence-electron chi connectivity index (χ4n) is 1.99. The number of nitrogens with one attached hydrogen (secondary N) is 2. The molecule has 0 aliphatic rings. The monoisotopic (exact) mass is 347 g/mol. The van der Waals surface area contributed by atoms with E-state index in [1.54, 1.807) is 26.1 Å².